The van der Waals surface area contributed by atoms with Crippen molar-refractivity contribution in [2.45, 2.75) is 33.1 Å². The van der Waals surface area contributed by atoms with Crippen LogP contribution >= 0.6 is 11.3 Å². The lowest BCUT2D eigenvalue weighted by molar-refractivity contribution is 0.0951. The van der Waals surface area contributed by atoms with Crippen molar-refractivity contribution in [2.75, 3.05) is 24.1 Å². The molecule has 0 aromatic carbocycles. The molecule has 0 radical (unpaired) electrons. The topological polar surface area (TPSA) is 80.0 Å². The van der Waals surface area contributed by atoms with E-state index >= 15 is 0 Å². The van der Waals surface area contributed by atoms with Gasteiger partial charge < -0.3 is 16.4 Å². The molecule has 2 rings (SSSR count). The van der Waals surface area contributed by atoms with E-state index in [9.17, 15) is 4.79 Å². The van der Waals surface area contributed by atoms with Crippen molar-refractivity contribution in [1.82, 2.24) is 10.3 Å². The van der Waals surface area contributed by atoms with Crippen LogP contribution < -0.4 is 16.4 Å². The van der Waals surface area contributed by atoms with Crippen LogP contribution in [0.3, 0.4) is 0 Å². The minimum Gasteiger partial charge on any atom is -0.382 e. The summed E-state index contributed by atoms with van der Waals surface area (Å²) in [6.45, 7) is 5.77. The van der Waals surface area contributed by atoms with Gasteiger partial charge >= 0.3 is 0 Å². The first-order chi connectivity index (χ1) is 10.1. The predicted molar refractivity (Wildman–Crippen MR) is 88.7 cm³/mol. The van der Waals surface area contributed by atoms with Crippen LogP contribution in [0, 0.1) is 11.8 Å². The summed E-state index contributed by atoms with van der Waals surface area (Å²) in [7, 11) is 0. The maximum atomic E-state index is 12.2. The van der Waals surface area contributed by atoms with Gasteiger partial charge in [-0.25, -0.2) is 4.98 Å². The highest BCUT2D eigenvalue weighted by Crippen LogP contribution is 2.25. The summed E-state index contributed by atoms with van der Waals surface area (Å²) in [4.78, 5) is 16.9. The highest BCUT2D eigenvalue weighted by molar-refractivity contribution is 7.18. The molecule has 0 bridgehead atoms. The SMILES string of the molecule is CC(C)CNc1nc(N)c(C(=O)NCC2CC=CCC2)s1. The Hall–Kier alpha value is -1.56. The molecular formula is C15H24N4OS. The second-order valence-corrected chi connectivity index (χ2v) is 6.87. The summed E-state index contributed by atoms with van der Waals surface area (Å²) in [6.07, 6.45) is 7.67. The van der Waals surface area contributed by atoms with E-state index in [1.807, 2.05) is 0 Å². The lowest BCUT2D eigenvalue weighted by atomic mass is 9.94. The molecule has 1 aromatic rings. The largest absolute Gasteiger partial charge is 0.382 e. The normalized spacial score (nSPS) is 18.0. The van der Waals surface area contributed by atoms with E-state index in [0.29, 0.717) is 34.2 Å². The van der Waals surface area contributed by atoms with E-state index in [2.05, 4.69) is 41.6 Å². The first kappa shape index (κ1) is 15.8. The van der Waals surface area contributed by atoms with Gasteiger partial charge in [0.05, 0.1) is 0 Å². The van der Waals surface area contributed by atoms with Crippen molar-refractivity contribution in [3.05, 3.63) is 17.0 Å². The minimum absolute atomic E-state index is 0.114. The van der Waals surface area contributed by atoms with Crippen LogP contribution in [-0.4, -0.2) is 24.0 Å². The predicted octanol–water partition coefficient (Wildman–Crippen LogP) is 2.88. The average molecular weight is 308 g/mol. The fourth-order valence-electron chi connectivity index (χ4n) is 2.22. The third kappa shape index (κ3) is 4.74. The summed E-state index contributed by atoms with van der Waals surface area (Å²) >= 11 is 1.32. The number of aromatic nitrogens is 1. The van der Waals surface area contributed by atoms with Gasteiger partial charge in [0.2, 0.25) is 0 Å². The van der Waals surface area contributed by atoms with Crippen LogP contribution in [0.25, 0.3) is 0 Å². The van der Waals surface area contributed by atoms with Crippen LogP contribution in [0.4, 0.5) is 10.9 Å². The molecule has 0 aliphatic heterocycles. The first-order valence-electron chi connectivity index (χ1n) is 7.49. The third-order valence-electron chi connectivity index (χ3n) is 3.45. The number of nitrogens with one attached hydrogen (secondary N) is 2. The zero-order chi connectivity index (χ0) is 15.2. The molecule has 21 heavy (non-hydrogen) atoms. The van der Waals surface area contributed by atoms with E-state index in [-0.39, 0.29) is 5.91 Å². The van der Waals surface area contributed by atoms with Gasteiger partial charge in [-0.3, -0.25) is 4.79 Å². The van der Waals surface area contributed by atoms with Gasteiger partial charge in [0.25, 0.3) is 5.91 Å². The molecule has 0 saturated heterocycles. The molecule has 0 saturated carbocycles. The van der Waals surface area contributed by atoms with Crippen molar-refractivity contribution in [3.8, 4) is 0 Å². The number of rotatable bonds is 6. The average Bonchev–Trinajstić information content (AvgIpc) is 2.85. The fourth-order valence-corrected chi connectivity index (χ4v) is 3.03. The van der Waals surface area contributed by atoms with Crippen LogP contribution in [0.2, 0.25) is 0 Å². The second kappa shape index (κ2) is 7.45. The number of allylic oxidation sites excluding steroid dienone is 2. The van der Waals surface area contributed by atoms with Crippen molar-refractivity contribution in [1.29, 1.82) is 0 Å². The molecule has 0 spiro atoms. The van der Waals surface area contributed by atoms with Crippen LogP contribution in [0.5, 0.6) is 0 Å². The maximum Gasteiger partial charge on any atom is 0.265 e. The minimum atomic E-state index is -0.114. The van der Waals surface area contributed by atoms with E-state index in [1.54, 1.807) is 0 Å². The number of nitrogens with two attached hydrogens (primary N) is 1. The van der Waals surface area contributed by atoms with Gasteiger partial charge in [0, 0.05) is 13.1 Å². The molecule has 5 nitrogen and oxygen atoms in total. The van der Waals surface area contributed by atoms with E-state index in [4.69, 9.17) is 5.73 Å². The molecule has 1 heterocycles. The monoisotopic (exact) mass is 308 g/mol. The van der Waals surface area contributed by atoms with E-state index in [0.717, 1.165) is 25.8 Å². The highest BCUT2D eigenvalue weighted by atomic mass is 32.1. The Morgan fingerprint density at radius 2 is 2.33 bits per heavy atom. The Bertz CT molecular complexity index is 510. The number of thiazole rings is 1. The molecule has 4 N–H and O–H groups in total. The van der Waals surface area contributed by atoms with Gasteiger partial charge in [-0.2, -0.15) is 0 Å². The standard InChI is InChI=1S/C15H24N4OS/c1-10(2)8-18-15-19-13(16)12(21-15)14(20)17-9-11-6-4-3-5-7-11/h3-4,10-11H,5-9,16H2,1-2H3,(H,17,20)(H,18,19). The zero-order valence-electron chi connectivity index (χ0n) is 12.7. The van der Waals surface area contributed by atoms with Crippen LogP contribution in [0.15, 0.2) is 12.2 Å². The second-order valence-electron chi connectivity index (χ2n) is 5.87. The molecule has 1 aromatic heterocycles. The van der Waals surface area contributed by atoms with E-state index in [1.165, 1.54) is 11.3 Å². The smallest absolute Gasteiger partial charge is 0.265 e. The fraction of sp³-hybridized carbons (Fsp3) is 0.600. The van der Waals surface area contributed by atoms with Crippen LogP contribution in [-0.2, 0) is 0 Å². The van der Waals surface area contributed by atoms with Gasteiger partial charge in [-0.05, 0) is 31.1 Å². The molecule has 116 valence electrons. The van der Waals surface area contributed by atoms with Gasteiger partial charge in [0.1, 0.15) is 10.7 Å². The quantitative estimate of drug-likeness (QED) is 0.706. The van der Waals surface area contributed by atoms with Crippen molar-refractivity contribution in [2.24, 2.45) is 11.8 Å². The number of amides is 1. The molecule has 1 amide bonds. The van der Waals surface area contributed by atoms with Crippen LogP contribution in [0.1, 0.15) is 42.8 Å². The van der Waals surface area contributed by atoms with E-state index < -0.39 is 0 Å². The Balaban J connectivity index is 1.87. The zero-order valence-corrected chi connectivity index (χ0v) is 13.5. The number of hydrogen-bond donors (Lipinski definition) is 3. The first-order valence-corrected chi connectivity index (χ1v) is 8.31. The number of nitrogens with zero attached hydrogens (tertiary/aromatic N) is 1. The summed E-state index contributed by atoms with van der Waals surface area (Å²) in [5, 5.41) is 6.90. The van der Waals surface area contributed by atoms with Gasteiger partial charge in [0.15, 0.2) is 5.13 Å². The number of carbonyl (C=O) groups is 1. The Labute approximate surface area is 130 Å². The molecule has 1 aliphatic carbocycles. The van der Waals surface area contributed by atoms with Gasteiger partial charge in [-0.15, -0.1) is 0 Å². The lowest BCUT2D eigenvalue weighted by Crippen LogP contribution is -2.29. The molecule has 6 heteroatoms. The number of carbonyl (C=O) groups excluding carboxylic acids is 1. The Morgan fingerprint density at radius 1 is 1.52 bits per heavy atom. The molecule has 0 fully saturated rings. The summed E-state index contributed by atoms with van der Waals surface area (Å²) < 4.78 is 0. The molecule has 1 unspecified atom stereocenters. The molecule has 1 atom stereocenters. The maximum absolute atomic E-state index is 12.2. The number of hydrogen-bond acceptors (Lipinski definition) is 5. The lowest BCUT2D eigenvalue weighted by Gasteiger charge is -2.17. The summed E-state index contributed by atoms with van der Waals surface area (Å²) in [6, 6.07) is 0. The highest BCUT2D eigenvalue weighted by Gasteiger charge is 2.18. The van der Waals surface area contributed by atoms with Crippen molar-refractivity contribution >= 4 is 28.2 Å². The Morgan fingerprint density at radius 3 is 3.00 bits per heavy atom. The Kier molecular flexibility index (Phi) is 5.61. The van der Waals surface area contributed by atoms with Crippen molar-refractivity contribution in [3.63, 3.8) is 0 Å². The van der Waals surface area contributed by atoms with Gasteiger partial charge in [-0.1, -0.05) is 37.3 Å². The van der Waals surface area contributed by atoms with Crippen molar-refractivity contribution < 1.29 is 4.79 Å². The third-order valence-corrected chi connectivity index (χ3v) is 4.48. The summed E-state index contributed by atoms with van der Waals surface area (Å²) in [5.74, 6) is 1.25. The number of anilines is 2. The molecular weight excluding hydrogens is 284 g/mol. The number of nitrogen functional groups attached to an aromatic ring is 1. The molecule has 1 aliphatic rings. The summed E-state index contributed by atoms with van der Waals surface area (Å²) in [5.41, 5.74) is 5.84.